The second kappa shape index (κ2) is 9.46. The van der Waals surface area contributed by atoms with E-state index in [1.54, 1.807) is 33.0 Å². The average molecular weight is 443 g/mol. The van der Waals surface area contributed by atoms with Gasteiger partial charge in [-0.3, -0.25) is 4.98 Å². The summed E-state index contributed by atoms with van der Waals surface area (Å²) in [6.07, 6.45) is -3.44. The molecule has 0 spiro atoms. The number of ether oxygens (including phenoxy) is 1. The number of carbonyl (C=O) groups is 1. The summed E-state index contributed by atoms with van der Waals surface area (Å²) in [6.45, 7) is 11.1. The molecule has 2 rings (SSSR count). The number of alkyl halides is 3. The Morgan fingerprint density at radius 2 is 1.97 bits per heavy atom. The predicted octanol–water partition coefficient (Wildman–Crippen LogP) is 4.69. The third kappa shape index (κ3) is 7.01. The van der Waals surface area contributed by atoms with Gasteiger partial charge in [0.25, 0.3) is 0 Å². The molecule has 0 atom stereocenters. The number of amides is 1. The summed E-state index contributed by atoms with van der Waals surface area (Å²) < 4.78 is 45.6. The lowest BCUT2D eigenvalue weighted by molar-refractivity contribution is -0.134. The van der Waals surface area contributed by atoms with Gasteiger partial charge in [0.1, 0.15) is 16.2 Å². The first kappa shape index (κ1) is 23.7. The molecule has 2 aromatic heterocycles. The number of hydrogen-bond donors (Lipinski definition) is 2. The van der Waals surface area contributed by atoms with E-state index in [0.29, 0.717) is 17.0 Å². The molecule has 0 unspecified atom stereocenters. The summed E-state index contributed by atoms with van der Waals surface area (Å²) in [5, 5.41) is 5.64. The minimum atomic E-state index is -4.56. The van der Waals surface area contributed by atoms with Crippen LogP contribution in [0.25, 0.3) is 5.70 Å². The topological polar surface area (TPSA) is 76.1 Å². The SMILES string of the molecule is C=C(NCc1ncccc1C)c1nc(CCNC(=O)OC(C)(C)C)sc1C(F)(F)F. The van der Waals surface area contributed by atoms with Gasteiger partial charge < -0.3 is 15.4 Å². The van der Waals surface area contributed by atoms with Crippen molar-refractivity contribution < 1.29 is 22.7 Å². The molecule has 0 aromatic carbocycles. The van der Waals surface area contributed by atoms with Crippen molar-refractivity contribution in [3.05, 3.63) is 51.7 Å². The number of carbonyl (C=O) groups excluding carboxylic acids is 1. The van der Waals surface area contributed by atoms with Crippen molar-refractivity contribution in [1.29, 1.82) is 0 Å². The first-order valence-corrected chi connectivity index (χ1v) is 10.1. The molecule has 10 heteroatoms. The van der Waals surface area contributed by atoms with Crippen molar-refractivity contribution in [2.24, 2.45) is 0 Å². The van der Waals surface area contributed by atoms with Gasteiger partial charge >= 0.3 is 12.3 Å². The van der Waals surface area contributed by atoms with Crippen LogP contribution in [0.15, 0.2) is 24.9 Å². The third-order valence-corrected chi connectivity index (χ3v) is 4.97. The summed E-state index contributed by atoms with van der Waals surface area (Å²) in [4.78, 5) is 19.2. The minimum Gasteiger partial charge on any atom is -0.444 e. The van der Waals surface area contributed by atoms with Crippen molar-refractivity contribution in [2.45, 2.75) is 52.4 Å². The molecule has 0 saturated carbocycles. The Morgan fingerprint density at radius 1 is 1.27 bits per heavy atom. The molecule has 30 heavy (non-hydrogen) atoms. The number of nitrogens with zero attached hydrogens (tertiary/aromatic N) is 2. The Hall–Kier alpha value is -2.62. The van der Waals surface area contributed by atoms with Gasteiger partial charge in [0, 0.05) is 19.2 Å². The number of aryl methyl sites for hydroxylation is 1. The summed E-state index contributed by atoms with van der Waals surface area (Å²) >= 11 is 0.540. The van der Waals surface area contributed by atoms with E-state index in [1.165, 1.54) is 0 Å². The zero-order valence-electron chi connectivity index (χ0n) is 17.3. The summed E-state index contributed by atoms with van der Waals surface area (Å²) in [5.41, 5.74) is 0.797. The molecule has 2 heterocycles. The zero-order chi connectivity index (χ0) is 22.5. The smallest absolute Gasteiger partial charge is 0.427 e. The Bertz CT molecular complexity index is 904. The van der Waals surface area contributed by atoms with Crippen molar-refractivity contribution >= 4 is 23.1 Å². The molecule has 0 fully saturated rings. The van der Waals surface area contributed by atoms with E-state index in [1.807, 2.05) is 13.0 Å². The van der Waals surface area contributed by atoms with Crippen LogP contribution >= 0.6 is 11.3 Å². The van der Waals surface area contributed by atoms with Gasteiger partial charge in [-0.05, 0) is 39.3 Å². The largest absolute Gasteiger partial charge is 0.444 e. The first-order chi connectivity index (χ1) is 13.9. The number of pyridine rings is 1. The molecule has 0 aliphatic rings. The third-order valence-electron chi connectivity index (χ3n) is 3.81. The fourth-order valence-electron chi connectivity index (χ4n) is 2.43. The molecule has 2 aromatic rings. The van der Waals surface area contributed by atoms with E-state index < -0.39 is 22.7 Å². The van der Waals surface area contributed by atoms with Gasteiger partial charge in [-0.1, -0.05) is 12.6 Å². The number of halogens is 3. The lowest BCUT2D eigenvalue weighted by atomic mass is 10.2. The van der Waals surface area contributed by atoms with E-state index in [4.69, 9.17) is 4.74 Å². The van der Waals surface area contributed by atoms with Crippen molar-refractivity contribution in [3.8, 4) is 0 Å². The quantitative estimate of drug-likeness (QED) is 0.651. The van der Waals surface area contributed by atoms with Crippen LogP contribution in [0.4, 0.5) is 18.0 Å². The predicted molar refractivity (Wildman–Crippen MR) is 110 cm³/mol. The molecular formula is C20H25F3N4O2S. The van der Waals surface area contributed by atoms with Crippen LogP contribution in [0, 0.1) is 6.92 Å². The van der Waals surface area contributed by atoms with Crippen LogP contribution in [0.3, 0.4) is 0 Å². The Morgan fingerprint density at radius 3 is 2.57 bits per heavy atom. The highest BCUT2D eigenvalue weighted by molar-refractivity contribution is 7.12. The maximum atomic E-state index is 13.5. The van der Waals surface area contributed by atoms with Crippen LogP contribution < -0.4 is 10.6 Å². The molecule has 0 radical (unpaired) electrons. The molecule has 0 saturated heterocycles. The maximum Gasteiger partial charge on any atom is 0.427 e. The first-order valence-electron chi connectivity index (χ1n) is 9.24. The Kier molecular flexibility index (Phi) is 7.46. The Balaban J connectivity index is 2.06. The number of aromatic nitrogens is 2. The number of thiazole rings is 1. The van der Waals surface area contributed by atoms with E-state index in [-0.39, 0.29) is 35.9 Å². The van der Waals surface area contributed by atoms with Gasteiger partial charge in [-0.15, -0.1) is 11.3 Å². The van der Waals surface area contributed by atoms with Gasteiger partial charge in [-0.25, -0.2) is 9.78 Å². The zero-order valence-corrected chi connectivity index (χ0v) is 18.1. The van der Waals surface area contributed by atoms with Crippen molar-refractivity contribution in [3.63, 3.8) is 0 Å². The fourth-order valence-corrected chi connectivity index (χ4v) is 3.39. The molecule has 0 aliphatic heterocycles. The van der Waals surface area contributed by atoms with Crippen LogP contribution in [0.1, 0.15) is 47.6 Å². The van der Waals surface area contributed by atoms with E-state index in [2.05, 4.69) is 27.2 Å². The normalized spacial score (nSPS) is 11.8. The molecule has 1 amide bonds. The highest BCUT2D eigenvalue weighted by atomic mass is 32.1. The van der Waals surface area contributed by atoms with Gasteiger partial charge in [0.05, 0.1) is 22.9 Å². The van der Waals surface area contributed by atoms with E-state index in [0.717, 1.165) is 5.56 Å². The van der Waals surface area contributed by atoms with Crippen LogP contribution in [-0.2, 0) is 23.9 Å². The number of rotatable bonds is 7. The van der Waals surface area contributed by atoms with Crippen molar-refractivity contribution in [1.82, 2.24) is 20.6 Å². The van der Waals surface area contributed by atoms with E-state index in [9.17, 15) is 18.0 Å². The number of alkyl carbamates (subject to hydrolysis) is 1. The monoisotopic (exact) mass is 442 g/mol. The highest BCUT2D eigenvalue weighted by Crippen LogP contribution is 2.38. The lowest BCUT2D eigenvalue weighted by Crippen LogP contribution is -2.33. The second-order valence-electron chi connectivity index (χ2n) is 7.56. The van der Waals surface area contributed by atoms with Crippen molar-refractivity contribution in [2.75, 3.05) is 6.54 Å². The molecular weight excluding hydrogens is 417 g/mol. The van der Waals surface area contributed by atoms with Crippen LogP contribution in [-0.4, -0.2) is 28.2 Å². The summed E-state index contributed by atoms with van der Waals surface area (Å²) in [6, 6.07) is 3.65. The van der Waals surface area contributed by atoms with Crippen LogP contribution in [0.2, 0.25) is 0 Å². The molecule has 6 nitrogen and oxygen atoms in total. The number of hydrogen-bond acceptors (Lipinski definition) is 6. The number of nitrogens with one attached hydrogen (secondary N) is 2. The molecule has 2 N–H and O–H groups in total. The van der Waals surface area contributed by atoms with Gasteiger partial charge in [-0.2, -0.15) is 13.2 Å². The second-order valence-corrected chi connectivity index (χ2v) is 8.64. The fraction of sp³-hybridized carbons (Fsp3) is 0.450. The minimum absolute atomic E-state index is 0.0648. The highest BCUT2D eigenvalue weighted by Gasteiger charge is 2.37. The molecule has 0 bridgehead atoms. The Labute approximate surface area is 177 Å². The lowest BCUT2D eigenvalue weighted by Gasteiger charge is -2.19. The van der Waals surface area contributed by atoms with Crippen LogP contribution in [0.5, 0.6) is 0 Å². The summed E-state index contributed by atoms with van der Waals surface area (Å²) in [7, 11) is 0. The molecule has 164 valence electrons. The van der Waals surface area contributed by atoms with E-state index >= 15 is 0 Å². The van der Waals surface area contributed by atoms with Gasteiger partial charge in [0.2, 0.25) is 0 Å². The standard InChI is InChI=1S/C20H25F3N4O2S/c1-12-7-6-9-24-14(12)11-26-13(2)16-17(20(21,22)23)30-15(27-16)8-10-25-18(28)29-19(3,4)5/h6-7,9,26H,2,8,10-11H2,1,3-5H3,(H,25,28). The van der Waals surface area contributed by atoms with Gasteiger partial charge in [0.15, 0.2) is 0 Å². The molecule has 0 aliphatic carbocycles. The maximum absolute atomic E-state index is 13.5. The average Bonchev–Trinajstić information content (AvgIpc) is 3.04. The summed E-state index contributed by atoms with van der Waals surface area (Å²) in [5.74, 6) is 0.